The number of ketones is 1. The Hall–Kier alpha value is -2.18. The lowest BCUT2D eigenvalue weighted by atomic mass is 9.99. The highest BCUT2D eigenvalue weighted by Gasteiger charge is 2.29. The maximum absolute atomic E-state index is 12.8. The van der Waals surface area contributed by atoms with E-state index in [1.165, 1.54) is 0 Å². The van der Waals surface area contributed by atoms with E-state index in [2.05, 4.69) is 21.3 Å². The van der Waals surface area contributed by atoms with Crippen LogP contribution >= 0.6 is 11.8 Å². The molecule has 38 heavy (non-hydrogen) atoms. The van der Waals surface area contributed by atoms with Crippen LogP contribution in [0.15, 0.2) is 0 Å². The summed E-state index contributed by atoms with van der Waals surface area (Å²) in [6.45, 7) is 14.6. The minimum Gasteiger partial charge on any atom is -0.481 e. The zero-order chi connectivity index (χ0) is 29.6. The van der Waals surface area contributed by atoms with Crippen LogP contribution in [0.3, 0.4) is 0 Å². The molecule has 0 aliphatic rings. The fourth-order valence-corrected chi connectivity index (χ4v) is 4.79. The van der Waals surface area contributed by atoms with E-state index in [1.807, 2.05) is 41.5 Å². The van der Waals surface area contributed by atoms with Gasteiger partial charge in [0.25, 0.3) is 0 Å². The van der Waals surface area contributed by atoms with Gasteiger partial charge in [-0.15, -0.1) is 0 Å². The van der Waals surface area contributed by atoms with Gasteiger partial charge in [0.05, 0.1) is 24.5 Å². The smallest absolute Gasteiger partial charge is 0.305 e. The molecular formula is C26H49N5O6S. The van der Waals surface area contributed by atoms with Crippen molar-refractivity contribution < 1.29 is 29.1 Å². The Balaban J connectivity index is 5.13. The number of hydrogen-bond donors (Lipinski definition) is 6. The molecule has 1 unspecified atom stereocenters. The Labute approximate surface area is 231 Å². The van der Waals surface area contributed by atoms with Crippen LogP contribution in [-0.4, -0.2) is 82.3 Å². The van der Waals surface area contributed by atoms with E-state index >= 15 is 0 Å². The number of carboxylic acids is 1. The maximum Gasteiger partial charge on any atom is 0.305 e. The lowest BCUT2D eigenvalue weighted by molar-refractivity contribution is -0.140. The highest BCUT2D eigenvalue weighted by atomic mass is 32.2. The van der Waals surface area contributed by atoms with Crippen molar-refractivity contribution in [3.05, 3.63) is 0 Å². The van der Waals surface area contributed by atoms with E-state index in [0.717, 1.165) is 0 Å². The Kier molecular flexibility index (Phi) is 17.1. The average molecular weight is 560 g/mol. The van der Waals surface area contributed by atoms with Gasteiger partial charge in [0.2, 0.25) is 17.7 Å². The highest BCUT2D eigenvalue weighted by Crippen LogP contribution is 2.13. The molecule has 0 saturated carbocycles. The molecule has 220 valence electrons. The van der Waals surface area contributed by atoms with Gasteiger partial charge in [0.1, 0.15) is 6.04 Å². The fourth-order valence-electron chi connectivity index (χ4n) is 3.78. The van der Waals surface area contributed by atoms with Gasteiger partial charge in [0, 0.05) is 18.0 Å². The van der Waals surface area contributed by atoms with Crippen molar-refractivity contribution in [1.82, 2.24) is 21.3 Å². The van der Waals surface area contributed by atoms with Gasteiger partial charge in [-0.05, 0) is 30.3 Å². The summed E-state index contributed by atoms with van der Waals surface area (Å²) in [5.74, 6) is -1.90. The molecule has 0 aliphatic heterocycles. The first-order valence-corrected chi connectivity index (χ1v) is 14.5. The molecule has 11 nitrogen and oxygen atoms in total. The topological polar surface area (TPSA) is 180 Å². The van der Waals surface area contributed by atoms with E-state index in [4.69, 9.17) is 5.73 Å². The number of carbonyl (C=O) groups is 5. The summed E-state index contributed by atoms with van der Waals surface area (Å²) in [7, 11) is 0. The van der Waals surface area contributed by atoms with Crippen LogP contribution in [0.4, 0.5) is 0 Å². The minimum atomic E-state index is -1.11. The standard InChI is InChI=1S/C26H49N5O6S/c1-14(2)22(24(27)35)31-25(36)19(28-16(5)6)10-12-38-11-9-18(23(34)15(3)4)30-26(37)20(13-21(32)33)29-17(7)8/h14-20,22,28-29H,9-13H2,1-8H3,(H2,27,35)(H,30,37)(H,31,36)(H,32,33)/t18?,19-,20-,22-/m0/s1. The first-order valence-electron chi connectivity index (χ1n) is 13.3. The summed E-state index contributed by atoms with van der Waals surface area (Å²) in [4.78, 5) is 61.3. The number of primary amides is 1. The molecule has 0 heterocycles. The van der Waals surface area contributed by atoms with Crippen LogP contribution in [0.5, 0.6) is 0 Å². The number of Topliss-reactive ketones (excluding diaryl/α,β-unsaturated/α-hetero) is 1. The van der Waals surface area contributed by atoms with Crippen molar-refractivity contribution in [2.24, 2.45) is 17.6 Å². The largest absolute Gasteiger partial charge is 0.481 e. The van der Waals surface area contributed by atoms with E-state index in [1.54, 1.807) is 25.6 Å². The SMILES string of the molecule is CC(C)N[C@@H](CC(=O)O)C(=O)NC(CCSCC[C@H](NC(C)C)C(=O)N[C@H](C(N)=O)C(C)C)C(=O)C(C)C. The summed E-state index contributed by atoms with van der Waals surface area (Å²) in [5, 5.41) is 20.8. The van der Waals surface area contributed by atoms with Crippen molar-refractivity contribution in [2.75, 3.05) is 11.5 Å². The number of amides is 3. The second-order valence-electron chi connectivity index (χ2n) is 10.8. The number of nitrogens with one attached hydrogen (secondary N) is 4. The number of nitrogens with two attached hydrogens (primary N) is 1. The summed E-state index contributed by atoms with van der Waals surface area (Å²) in [5.41, 5.74) is 5.43. The van der Waals surface area contributed by atoms with Crippen LogP contribution in [0.2, 0.25) is 0 Å². The first-order chi connectivity index (χ1) is 17.6. The Morgan fingerprint density at radius 2 is 1.21 bits per heavy atom. The van der Waals surface area contributed by atoms with E-state index < -0.39 is 42.0 Å². The molecule has 0 aromatic rings. The molecular weight excluding hydrogens is 510 g/mol. The van der Waals surface area contributed by atoms with Gasteiger partial charge in [0.15, 0.2) is 5.78 Å². The monoisotopic (exact) mass is 559 g/mol. The molecule has 3 amide bonds. The van der Waals surface area contributed by atoms with Gasteiger partial charge in [-0.1, -0.05) is 55.4 Å². The summed E-state index contributed by atoms with van der Waals surface area (Å²) >= 11 is 1.55. The second kappa shape index (κ2) is 18.2. The Bertz CT molecular complexity index is 790. The molecule has 4 atom stereocenters. The molecule has 7 N–H and O–H groups in total. The molecule has 0 rings (SSSR count). The molecule has 0 fully saturated rings. The van der Waals surface area contributed by atoms with Crippen LogP contribution in [0.25, 0.3) is 0 Å². The number of carboxylic acid groups (broad SMARTS) is 1. The highest BCUT2D eigenvalue weighted by molar-refractivity contribution is 7.99. The van der Waals surface area contributed by atoms with Crippen LogP contribution in [0, 0.1) is 11.8 Å². The molecule has 0 radical (unpaired) electrons. The van der Waals surface area contributed by atoms with Crippen LogP contribution in [-0.2, 0) is 24.0 Å². The summed E-state index contributed by atoms with van der Waals surface area (Å²) < 4.78 is 0. The van der Waals surface area contributed by atoms with Gasteiger partial charge in [-0.2, -0.15) is 11.8 Å². The normalized spacial score (nSPS) is 14.8. The predicted octanol–water partition coefficient (Wildman–Crippen LogP) is 1.04. The number of rotatable bonds is 20. The molecule has 0 aromatic heterocycles. The van der Waals surface area contributed by atoms with E-state index in [0.29, 0.717) is 24.3 Å². The Morgan fingerprint density at radius 3 is 1.63 bits per heavy atom. The Morgan fingerprint density at radius 1 is 0.737 bits per heavy atom. The maximum atomic E-state index is 12.8. The van der Waals surface area contributed by atoms with E-state index in [-0.39, 0.29) is 42.0 Å². The van der Waals surface area contributed by atoms with Crippen molar-refractivity contribution >= 4 is 41.2 Å². The lowest BCUT2D eigenvalue weighted by Crippen LogP contribution is -2.54. The van der Waals surface area contributed by atoms with Gasteiger partial charge in [-0.25, -0.2) is 0 Å². The quantitative estimate of drug-likeness (QED) is 0.119. The molecule has 0 aromatic carbocycles. The van der Waals surface area contributed by atoms with Crippen molar-refractivity contribution in [2.45, 2.75) is 111 Å². The number of thioether (sulfide) groups is 1. The molecule has 0 bridgehead atoms. The third-order valence-corrected chi connectivity index (χ3v) is 6.73. The first kappa shape index (κ1) is 35.8. The van der Waals surface area contributed by atoms with Crippen molar-refractivity contribution in [3.8, 4) is 0 Å². The van der Waals surface area contributed by atoms with E-state index in [9.17, 15) is 29.1 Å². The molecule has 0 spiro atoms. The third kappa shape index (κ3) is 14.7. The molecule has 12 heteroatoms. The van der Waals surface area contributed by atoms with Crippen molar-refractivity contribution in [1.29, 1.82) is 0 Å². The number of hydrogen-bond acceptors (Lipinski definition) is 8. The molecule has 0 saturated heterocycles. The second-order valence-corrected chi connectivity index (χ2v) is 12.0. The zero-order valence-electron chi connectivity index (χ0n) is 24.1. The van der Waals surface area contributed by atoms with Crippen LogP contribution in [0.1, 0.15) is 74.7 Å². The van der Waals surface area contributed by atoms with Gasteiger partial charge in [-0.3, -0.25) is 24.0 Å². The number of aliphatic carboxylic acids is 1. The third-order valence-electron chi connectivity index (χ3n) is 5.68. The summed E-state index contributed by atoms with van der Waals surface area (Å²) in [6, 6.07) is -3.02. The lowest BCUT2D eigenvalue weighted by Gasteiger charge is -2.25. The molecule has 0 aliphatic carbocycles. The fraction of sp³-hybridized carbons (Fsp3) is 0.808. The van der Waals surface area contributed by atoms with Crippen LogP contribution < -0.4 is 27.0 Å². The summed E-state index contributed by atoms with van der Waals surface area (Å²) in [6.07, 6.45) is 0.480. The average Bonchev–Trinajstić information content (AvgIpc) is 2.78. The zero-order valence-corrected chi connectivity index (χ0v) is 24.9. The van der Waals surface area contributed by atoms with Gasteiger partial charge >= 0.3 is 5.97 Å². The van der Waals surface area contributed by atoms with Crippen molar-refractivity contribution in [3.63, 3.8) is 0 Å². The minimum absolute atomic E-state index is 0.0447. The van der Waals surface area contributed by atoms with Gasteiger partial charge < -0.3 is 32.1 Å². The number of carbonyl (C=O) groups excluding carboxylic acids is 4. The predicted molar refractivity (Wildman–Crippen MR) is 151 cm³/mol.